The lowest BCUT2D eigenvalue weighted by atomic mass is 9.82. The largest absolute Gasteiger partial charge is 0.354 e. The number of piperidine rings is 2. The number of aliphatic imine (C=N–C) groups is 1. The van der Waals surface area contributed by atoms with Crippen LogP contribution in [0.15, 0.2) is 4.99 Å². The molecule has 0 amide bonds. The number of nitrogens with zero attached hydrogens (tertiary/aromatic N) is 2. The molecule has 0 aromatic rings. The Morgan fingerprint density at radius 2 is 1.78 bits per heavy atom. The average molecular weight is 434 g/mol. The highest BCUT2D eigenvalue weighted by atomic mass is 127. The summed E-state index contributed by atoms with van der Waals surface area (Å²) in [7, 11) is 2.32. The van der Waals surface area contributed by atoms with Gasteiger partial charge in [-0.25, -0.2) is 0 Å². The van der Waals surface area contributed by atoms with Gasteiger partial charge >= 0.3 is 0 Å². The molecule has 3 aliphatic rings. The third-order valence-electron chi connectivity index (χ3n) is 5.90. The minimum absolute atomic E-state index is 0. The van der Waals surface area contributed by atoms with E-state index in [2.05, 4.69) is 41.4 Å². The van der Waals surface area contributed by atoms with E-state index in [0.717, 1.165) is 30.5 Å². The predicted octanol–water partition coefficient (Wildman–Crippen LogP) is 3.36. The minimum Gasteiger partial charge on any atom is -0.354 e. The van der Waals surface area contributed by atoms with E-state index in [1.807, 2.05) is 0 Å². The number of hydrogen-bond acceptors (Lipinski definition) is 2. The predicted molar refractivity (Wildman–Crippen MR) is 109 cm³/mol. The monoisotopic (exact) mass is 434 g/mol. The standard InChI is InChI=1S/C18H34N4.HI/c1-4-7-13-10-17(13)21-18(19-5-2)20-14-11-15-8-6-9-16(12-14)22(15)3;/h13-17H,4-12H2,1-3H3,(H2,19,20,21);1H. The zero-order chi connectivity index (χ0) is 15.5. The molecule has 2 bridgehead atoms. The van der Waals surface area contributed by atoms with Gasteiger partial charge in [0.2, 0.25) is 0 Å². The van der Waals surface area contributed by atoms with Crippen LogP contribution in [0.5, 0.6) is 0 Å². The number of rotatable bonds is 5. The van der Waals surface area contributed by atoms with E-state index in [9.17, 15) is 0 Å². The molecule has 1 saturated carbocycles. The van der Waals surface area contributed by atoms with Crippen LogP contribution in [0, 0.1) is 5.92 Å². The van der Waals surface area contributed by atoms with Crippen LogP contribution < -0.4 is 10.6 Å². The van der Waals surface area contributed by atoms with Gasteiger partial charge in [-0.2, -0.15) is 0 Å². The summed E-state index contributed by atoms with van der Waals surface area (Å²) < 4.78 is 0. The Labute approximate surface area is 159 Å². The summed E-state index contributed by atoms with van der Waals surface area (Å²) >= 11 is 0. The van der Waals surface area contributed by atoms with Gasteiger partial charge in [0.05, 0.1) is 0 Å². The van der Waals surface area contributed by atoms with Crippen molar-refractivity contribution < 1.29 is 0 Å². The van der Waals surface area contributed by atoms with Crippen molar-refractivity contribution >= 4 is 29.9 Å². The molecule has 3 rings (SSSR count). The third kappa shape index (κ3) is 4.97. The first-order valence-corrected chi connectivity index (χ1v) is 9.50. The lowest BCUT2D eigenvalue weighted by molar-refractivity contribution is 0.0526. The van der Waals surface area contributed by atoms with Crippen molar-refractivity contribution in [3.63, 3.8) is 0 Å². The molecule has 0 spiro atoms. The second kappa shape index (κ2) is 8.88. The first-order chi connectivity index (χ1) is 10.7. The number of guanidine groups is 1. The highest BCUT2D eigenvalue weighted by Gasteiger charge is 2.39. The second-order valence-electron chi connectivity index (χ2n) is 7.57. The van der Waals surface area contributed by atoms with E-state index in [4.69, 9.17) is 0 Å². The van der Waals surface area contributed by atoms with E-state index >= 15 is 0 Å². The Morgan fingerprint density at radius 3 is 2.39 bits per heavy atom. The number of nitrogens with one attached hydrogen (secondary N) is 2. The van der Waals surface area contributed by atoms with Gasteiger partial charge in [0, 0.05) is 30.7 Å². The lowest BCUT2D eigenvalue weighted by Gasteiger charge is -2.47. The molecule has 2 aliphatic heterocycles. The fraction of sp³-hybridized carbons (Fsp3) is 0.944. The van der Waals surface area contributed by atoms with Gasteiger partial charge in [-0.1, -0.05) is 19.8 Å². The summed E-state index contributed by atoms with van der Waals surface area (Å²) in [5.41, 5.74) is 0. The van der Waals surface area contributed by atoms with Crippen LogP contribution >= 0.6 is 24.0 Å². The van der Waals surface area contributed by atoms with E-state index in [1.54, 1.807) is 0 Å². The maximum absolute atomic E-state index is 4.69. The Bertz CT molecular complexity index is 386. The van der Waals surface area contributed by atoms with E-state index in [0.29, 0.717) is 12.1 Å². The van der Waals surface area contributed by atoms with Crippen LogP contribution in [0.4, 0.5) is 0 Å². The van der Waals surface area contributed by atoms with Gasteiger partial charge in [-0.3, -0.25) is 4.99 Å². The van der Waals surface area contributed by atoms with Gasteiger partial charge in [0.15, 0.2) is 5.96 Å². The Morgan fingerprint density at radius 1 is 1.09 bits per heavy atom. The first-order valence-electron chi connectivity index (χ1n) is 9.50. The summed E-state index contributed by atoms with van der Waals surface area (Å²) in [5, 5.41) is 7.43. The minimum atomic E-state index is 0. The number of hydrogen-bond donors (Lipinski definition) is 2. The zero-order valence-corrected chi connectivity index (χ0v) is 17.4. The van der Waals surface area contributed by atoms with Crippen molar-refractivity contribution in [1.82, 2.24) is 15.5 Å². The molecule has 3 fully saturated rings. The summed E-state index contributed by atoms with van der Waals surface area (Å²) in [4.78, 5) is 7.32. The molecule has 0 radical (unpaired) electrons. The van der Waals surface area contributed by atoms with Crippen molar-refractivity contribution in [3.8, 4) is 0 Å². The van der Waals surface area contributed by atoms with Crippen LogP contribution in [-0.4, -0.2) is 48.6 Å². The molecule has 134 valence electrons. The SMILES string of the molecule is CCCC1CC1NC(=NCC)NC1CC2CCCC(C1)N2C.I. The van der Waals surface area contributed by atoms with E-state index in [1.165, 1.54) is 51.4 Å². The van der Waals surface area contributed by atoms with Crippen molar-refractivity contribution in [2.75, 3.05) is 13.6 Å². The van der Waals surface area contributed by atoms with Gasteiger partial charge < -0.3 is 15.5 Å². The summed E-state index contributed by atoms with van der Waals surface area (Å²) in [6, 6.07) is 2.83. The summed E-state index contributed by atoms with van der Waals surface area (Å²) in [6.45, 7) is 5.27. The molecule has 1 aliphatic carbocycles. The van der Waals surface area contributed by atoms with Gasteiger partial charge in [-0.05, 0) is 58.4 Å². The maximum atomic E-state index is 4.69. The lowest BCUT2D eigenvalue weighted by Crippen LogP contribution is -2.57. The third-order valence-corrected chi connectivity index (χ3v) is 5.90. The molecular formula is C18H35IN4. The Hall–Kier alpha value is -0.0400. The first kappa shape index (κ1) is 19.3. The summed E-state index contributed by atoms with van der Waals surface area (Å²) in [6.07, 6.45) is 10.7. The van der Waals surface area contributed by atoms with E-state index < -0.39 is 0 Å². The summed E-state index contributed by atoms with van der Waals surface area (Å²) in [5.74, 6) is 1.95. The average Bonchev–Trinajstić information content (AvgIpc) is 3.18. The molecule has 2 N–H and O–H groups in total. The van der Waals surface area contributed by atoms with Crippen LogP contribution in [0.25, 0.3) is 0 Å². The van der Waals surface area contributed by atoms with Crippen molar-refractivity contribution in [3.05, 3.63) is 0 Å². The molecule has 0 aromatic heterocycles. The van der Waals surface area contributed by atoms with Crippen molar-refractivity contribution in [2.45, 2.75) is 89.4 Å². The van der Waals surface area contributed by atoms with Crippen molar-refractivity contribution in [2.24, 2.45) is 10.9 Å². The quantitative estimate of drug-likeness (QED) is 0.396. The molecule has 5 heteroatoms. The van der Waals surface area contributed by atoms with Crippen LogP contribution in [-0.2, 0) is 0 Å². The Balaban J connectivity index is 0.00000192. The second-order valence-corrected chi connectivity index (χ2v) is 7.57. The topological polar surface area (TPSA) is 39.7 Å². The van der Waals surface area contributed by atoms with Crippen LogP contribution in [0.2, 0.25) is 0 Å². The highest BCUT2D eigenvalue weighted by Crippen LogP contribution is 2.35. The molecule has 2 saturated heterocycles. The molecule has 4 unspecified atom stereocenters. The molecule has 4 atom stereocenters. The molecule has 4 nitrogen and oxygen atoms in total. The fourth-order valence-electron chi connectivity index (χ4n) is 4.51. The Kier molecular flexibility index (Phi) is 7.45. The van der Waals surface area contributed by atoms with Gasteiger partial charge in [0.25, 0.3) is 0 Å². The zero-order valence-electron chi connectivity index (χ0n) is 15.1. The number of fused-ring (bicyclic) bond motifs is 2. The molecule has 2 heterocycles. The normalized spacial score (nSPS) is 37.0. The fourth-order valence-corrected chi connectivity index (χ4v) is 4.51. The maximum Gasteiger partial charge on any atom is 0.191 e. The van der Waals surface area contributed by atoms with Gasteiger partial charge in [-0.15, -0.1) is 24.0 Å². The number of halogens is 1. The van der Waals surface area contributed by atoms with Crippen molar-refractivity contribution in [1.29, 1.82) is 0 Å². The molecule has 0 aromatic carbocycles. The van der Waals surface area contributed by atoms with Crippen LogP contribution in [0.1, 0.15) is 65.2 Å². The molecule has 23 heavy (non-hydrogen) atoms. The highest BCUT2D eigenvalue weighted by molar-refractivity contribution is 14.0. The smallest absolute Gasteiger partial charge is 0.191 e. The molecular weight excluding hydrogens is 399 g/mol. The van der Waals surface area contributed by atoms with E-state index in [-0.39, 0.29) is 24.0 Å². The van der Waals surface area contributed by atoms with Gasteiger partial charge in [0.1, 0.15) is 0 Å². The van der Waals surface area contributed by atoms with Crippen LogP contribution in [0.3, 0.4) is 0 Å².